The number of aromatic nitrogens is 1. The zero-order valence-corrected chi connectivity index (χ0v) is 16.3. The number of rotatable bonds is 5. The number of nitrogens with one attached hydrogen (secondary N) is 1. The molecule has 0 radical (unpaired) electrons. The molecular weight excluding hydrogens is 340 g/mol. The van der Waals surface area contributed by atoms with Crippen LogP contribution < -0.4 is 10.1 Å². The van der Waals surface area contributed by atoms with Gasteiger partial charge in [0.2, 0.25) is 0 Å². The van der Waals surface area contributed by atoms with Gasteiger partial charge in [-0.25, -0.2) is 4.79 Å². The summed E-state index contributed by atoms with van der Waals surface area (Å²) < 4.78 is 5.26. The molecule has 1 aromatic heterocycles. The highest BCUT2D eigenvalue weighted by Crippen LogP contribution is 2.19. The monoisotopic (exact) mass is 368 g/mol. The maximum atomic E-state index is 12.6. The van der Waals surface area contributed by atoms with Crippen LogP contribution in [0, 0.1) is 6.92 Å². The van der Waals surface area contributed by atoms with E-state index in [-0.39, 0.29) is 12.1 Å². The van der Waals surface area contributed by atoms with Gasteiger partial charge >= 0.3 is 6.03 Å². The molecule has 1 saturated heterocycles. The van der Waals surface area contributed by atoms with Gasteiger partial charge in [0.25, 0.3) is 0 Å². The van der Waals surface area contributed by atoms with Gasteiger partial charge in [0.1, 0.15) is 5.75 Å². The molecule has 1 atom stereocenters. The number of ether oxygens (including phenoxy) is 1. The van der Waals surface area contributed by atoms with E-state index < -0.39 is 0 Å². The molecule has 0 bridgehead atoms. The molecule has 6 heteroatoms. The van der Waals surface area contributed by atoms with Crippen molar-refractivity contribution in [1.82, 2.24) is 20.1 Å². The summed E-state index contributed by atoms with van der Waals surface area (Å²) in [6, 6.07) is 11.8. The summed E-state index contributed by atoms with van der Waals surface area (Å²) in [7, 11) is 1.65. The highest BCUT2D eigenvalue weighted by molar-refractivity contribution is 5.74. The number of urea groups is 1. The average Bonchev–Trinajstić information content (AvgIpc) is 2.70. The predicted octanol–water partition coefficient (Wildman–Crippen LogP) is 2.99. The fourth-order valence-electron chi connectivity index (χ4n) is 3.28. The molecule has 6 nitrogen and oxygen atoms in total. The molecule has 0 spiro atoms. The Labute approximate surface area is 161 Å². The topological polar surface area (TPSA) is 57.7 Å². The molecule has 1 aliphatic rings. The Bertz CT molecular complexity index is 772. The number of hydrogen-bond acceptors (Lipinski definition) is 4. The highest BCUT2D eigenvalue weighted by Gasteiger charge is 2.23. The molecule has 1 N–H and O–H groups in total. The van der Waals surface area contributed by atoms with Crippen LogP contribution in [0.2, 0.25) is 0 Å². The van der Waals surface area contributed by atoms with Crippen LogP contribution in [0.5, 0.6) is 5.75 Å². The first-order valence-corrected chi connectivity index (χ1v) is 9.39. The zero-order valence-electron chi connectivity index (χ0n) is 16.3. The van der Waals surface area contributed by atoms with E-state index in [2.05, 4.69) is 28.2 Å². The third kappa shape index (κ3) is 4.98. The lowest BCUT2D eigenvalue weighted by Gasteiger charge is -2.35. The number of hydrogen-bond donors (Lipinski definition) is 1. The van der Waals surface area contributed by atoms with Gasteiger partial charge < -0.3 is 15.0 Å². The summed E-state index contributed by atoms with van der Waals surface area (Å²) >= 11 is 0. The standard InChI is InChI=1S/C21H28N4O2/c1-16-6-5-9-22-20(16)15-24-10-12-25(13-11-24)21(26)23-17(2)18-7-4-8-19(14-18)27-3/h4-9,14,17H,10-13,15H2,1-3H3,(H,23,26)/t17-/m1/s1. The lowest BCUT2D eigenvalue weighted by atomic mass is 10.1. The second-order valence-corrected chi connectivity index (χ2v) is 6.98. The van der Waals surface area contributed by atoms with Gasteiger partial charge in [0.15, 0.2) is 0 Å². The van der Waals surface area contributed by atoms with Crippen LogP contribution in [-0.4, -0.2) is 54.1 Å². The Morgan fingerprint density at radius 3 is 2.70 bits per heavy atom. The van der Waals surface area contributed by atoms with E-state index in [1.165, 1.54) is 5.56 Å². The predicted molar refractivity (Wildman–Crippen MR) is 106 cm³/mol. The van der Waals surface area contributed by atoms with Crippen LogP contribution in [0.25, 0.3) is 0 Å². The van der Waals surface area contributed by atoms with Gasteiger partial charge in [-0.05, 0) is 43.2 Å². The summed E-state index contributed by atoms with van der Waals surface area (Å²) in [6.45, 7) is 8.08. The fraction of sp³-hybridized carbons (Fsp3) is 0.429. The molecule has 0 saturated carbocycles. The van der Waals surface area contributed by atoms with Crippen molar-refractivity contribution in [2.45, 2.75) is 26.4 Å². The lowest BCUT2D eigenvalue weighted by molar-refractivity contribution is 0.132. The summed E-state index contributed by atoms with van der Waals surface area (Å²) in [4.78, 5) is 21.3. The Hall–Kier alpha value is -2.60. The normalized spacial score (nSPS) is 16.0. The number of carbonyl (C=O) groups is 1. The molecule has 3 rings (SSSR count). The largest absolute Gasteiger partial charge is 0.497 e. The van der Waals surface area contributed by atoms with Gasteiger partial charge in [-0.3, -0.25) is 9.88 Å². The first-order chi connectivity index (χ1) is 13.1. The Morgan fingerprint density at radius 2 is 2.00 bits per heavy atom. The van der Waals surface area contributed by atoms with Gasteiger partial charge in [0, 0.05) is 38.9 Å². The van der Waals surface area contributed by atoms with E-state index in [1.54, 1.807) is 7.11 Å². The zero-order chi connectivity index (χ0) is 19.2. The SMILES string of the molecule is COc1cccc([C@@H](C)NC(=O)N2CCN(Cc3ncccc3C)CC2)c1. The summed E-state index contributed by atoms with van der Waals surface area (Å²) in [6.07, 6.45) is 1.84. The van der Waals surface area contributed by atoms with Gasteiger partial charge in [-0.1, -0.05) is 18.2 Å². The van der Waals surface area contributed by atoms with Crippen molar-refractivity contribution in [1.29, 1.82) is 0 Å². The van der Waals surface area contributed by atoms with Crippen molar-refractivity contribution in [3.05, 3.63) is 59.4 Å². The fourth-order valence-corrected chi connectivity index (χ4v) is 3.28. The molecular formula is C21H28N4O2. The van der Waals surface area contributed by atoms with E-state index in [1.807, 2.05) is 48.4 Å². The highest BCUT2D eigenvalue weighted by atomic mass is 16.5. The Balaban J connectivity index is 1.50. The van der Waals surface area contributed by atoms with Gasteiger partial charge in [-0.2, -0.15) is 0 Å². The molecule has 1 aromatic carbocycles. The maximum Gasteiger partial charge on any atom is 0.317 e. The van der Waals surface area contributed by atoms with Crippen LogP contribution in [0.4, 0.5) is 4.79 Å². The molecule has 144 valence electrons. The van der Waals surface area contributed by atoms with Gasteiger partial charge in [-0.15, -0.1) is 0 Å². The van der Waals surface area contributed by atoms with E-state index in [4.69, 9.17) is 4.74 Å². The molecule has 2 aromatic rings. The quantitative estimate of drug-likeness (QED) is 0.881. The molecule has 2 amide bonds. The van der Waals surface area contributed by atoms with Crippen LogP contribution in [0.15, 0.2) is 42.6 Å². The van der Waals surface area contributed by atoms with Crippen LogP contribution in [0.3, 0.4) is 0 Å². The smallest absolute Gasteiger partial charge is 0.317 e. The third-order valence-corrected chi connectivity index (χ3v) is 5.08. The molecule has 27 heavy (non-hydrogen) atoms. The first kappa shape index (κ1) is 19.2. The second-order valence-electron chi connectivity index (χ2n) is 6.98. The third-order valence-electron chi connectivity index (χ3n) is 5.08. The summed E-state index contributed by atoms with van der Waals surface area (Å²) in [5, 5.41) is 3.09. The van der Waals surface area contributed by atoms with Crippen LogP contribution in [0.1, 0.15) is 29.8 Å². The lowest BCUT2D eigenvalue weighted by Crippen LogP contribution is -2.51. The number of piperazine rings is 1. The van der Waals surface area contributed by atoms with Crippen molar-refractivity contribution in [2.75, 3.05) is 33.3 Å². The Morgan fingerprint density at radius 1 is 1.22 bits per heavy atom. The molecule has 2 heterocycles. The number of carbonyl (C=O) groups excluding carboxylic acids is 1. The minimum Gasteiger partial charge on any atom is -0.497 e. The van der Waals surface area contributed by atoms with Crippen molar-refractivity contribution in [3.63, 3.8) is 0 Å². The number of benzene rings is 1. The maximum absolute atomic E-state index is 12.6. The van der Waals surface area contributed by atoms with Crippen molar-refractivity contribution in [2.24, 2.45) is 0 Å². The number of pyridine rings is 1. The average molecular weight is 368 g/mol. The summed E-state index contributed by atoms with van der Waals surface area (Å²) in [5.41, 5.74) is 3.36. The van der Waals surface area contributed by atoms with E-state index >= 15 is 0 Å². The van der Waals surface area contributed by atoms with Crippen molar-refractivity contribution < 1.29 is 9.53 Å². The second kappa shape index (κ2) is 8.86. The van der Waals surface area contributed by atoms with E-state index in [0.29, 0.717) is 0 Å². The number of methoxy groups -OCH3 is 1. The molecule has 0 aliphatic carbocycles. The van der Waals surface area contributed by atoms with Crippen molar-refractivity contribution >= 4 is 6.03 Å². The first-order valence-electron chi connectivity index (χ1n) is 9.39. The van der Waals surface area contributed by atoms with Crippen LogP contribution in [-0.2, 0) is 6.54 Å². The van der Waals surface area contributed by atoms with Crippen LogP contribution >= 0.6 is 0 Å². The number of aryl methyl sites for hydroxylation is 1. The molecule has 1 aliphatic heterocycles. The van der Waals surface area contributed by atoms with E-state index in [0.717, 1.165) is 49.7 Å². The van der Waals surface area contributed by atoms with Crippen molar-refractivity contribution in [3.8, 4) is 5.75 Å². The molecule has 1 fully saturated rings. The number of nitrogens with zero attached hydrogens (tertiary/aromatic N) is 3. The minimum absolute atomic E-state index is 0.0148. The number of amides is 2. The Kier molecular flexibility index (Phi) is 6.29. The van der Waals surface area contributed by atoms with Gasteiger partial charge in [0.05, 0.1) is 18.8 Å². The molecule has 0 unspecified atom stereocenters. The minimum atomic E-state index is -0.0678. The van der Waals surface area contributed by atoms with E-state index in [9.17, 15) is 4.79 Å². The summed E-state index contributed by atoms with van der Waals surface area (Å²) in [5.74, 6) is 0.798.